The summed E-state index contributed by atoms with van der Waals surface area (Å²) in [4.78, 5) is 1.41. The lowest BCUT2D eigenvalue weighted by Gasteiger charge is -2.08. The van der Waals surface area contributed by atoms with E-state index in [-0.39, 0.29) is 32.7 Å². The van der Waals surface area contributed by atoms with Crippen molar-refractivity contribution in [2.24, 2.45) is 11.5 Å². The molecule has 8 heteroatoms. The minimum absolute atomic E-state index is 0.0191. The fraction of sp³-hybridized carbons (Fsp3) is 0. The van der Waals surface area contributed by atoms with Crippen LogP contribution < -0.4 is 11.5 Å². The lowest BCUT2D eigenvalue weighted by atomic mass is 10.1. The summed E-state index contributed by atoms with van der Waals surface area (Å²) in [5, 5.41) is 37.8. The maximum absolute atomic E-state index is 9.45. The number of phenolic OH excluding ortho intramolecular Hbond substituents is 2. The highest BCUT2D eigenvalue weighted by Crippen LogP contribution is 2.33. The number of nitrogens with zero attached hydrogens (tertiary/aromatic N) is 2. The van der Waals surface area contributed by atoms with Crippen LogP contribution in [0.3, 0.4) is 0 Å². The minimum Gasteiger partial charge on any atom is -0.508 e. The molecule has 0 aliphatic rings. The molecule has 2 aromatic carbocycles. The third-order valence-corrected chi connectivity index (χ3v) is 4.96. The highest BCUT2D eigenvalue weighted by Gasteiger charge is 2.15. The van der Waals surface area contributed by atoms with Crippen LogP contribution in [0, 0.1) is 22.7 Å². The standard InChI is InChI=1S/C18H14N4O2S2/c19-9-15(17(21)25-13-5-1-11(23)2-6-13)16(10-20)18(22)26-14-7-3-12(24)4-8-14/h1-8,23-24H,21-22H2/b17-15+,18-16+. The molecule has 0 amide bonds. The van der Waals surface area contributed by atoms with Gasteiger partial charge in [0.05, 0.1) is 10.1 Å². The second-order valence-corrected chi connectivity index (χ2v) is 7.12. The van der Waals surface area contributed by atoms with Gasteiger partial charge in [-0.1, -0.05) is 23.5 Å². The molecule has 2 rings (SSSR count). The number of phenols is 2. The number of allylic oxidation sites excluding steroid dienone is 2. The van der Waals surface area contributed by atoms with E-state index in [4.69, 9.17) is 11.5 Å². The molecule has 0 radical (unpaired) electrons. The number of aromatic hydroxyl groups is 2. The predicted molar refractivity (Wildman–Crippen MR) is 102 cm³/mol. The molecule has 6 nitrogen and oxygen atoms in total. The smallest absolute Gasteiger partial charge is 0.115 e. The van der Waals surface area contributed by atoms with Gasteiger partial charge < -0.3 is 21.7 Å². The predicted octanol–water partition coefficient (Wildman–Crippen LogP) is 3.37. The number of nitriles is 2. The highest BCUT2D eigenvalue weighted by atomic mass is 32.2. The molecule has 2 aromatic rings. The number of nitrogens with two attached hydrogens (primary N) is 2. The molecule has 0 saturated heterocycles. The summed E-state index contributed by atoms with van der Waals surface area (Å²) in [7, 11) is 0. The zero-order valence-corrected chi connectivity index (χ0v) is 15.0. The van der Waals surface area contributed by atoms with E-state index in [1.54, 1.807) is 24.3 Å². The Morgan fingerprint density at radius 3 is 1.27 bits per heavy atom. The first-order chi connectivity index (χ1) is 12.4. The van der Waals surface area contributed by atoms with Crippen molar-refractivity contribution in [1.82, 2.24) is 0 Å². The Balaban J connectivity index is 2.34. The first-order valence-electron chi connectivity index (χ1n) is 7.18. The first kappa shape index (κ1) is 19.1. The fourth-order valence-electron chi connectivity index (χ4n) is 1.85. The van der Waals surface area contributed by atoms with Crippen LogP contribution in [-0.2, 0) is 0 Å². The second kappa shape index (κ2) is 8.77. The summed E-state index contributed by atoms with van der Waals surface area (Å²) in [5.74, 6) is 0.231. The summed E-state index contributed by atoms with van der Waals surface area (Å²) < 4.78 is 0. The molecule has 0 fully saturated rings. The van der Waals surface area contributed by atoms with Gasteiger partial charge in [-0.15, -0.1) is 0 Å². The molecule has 0 heterocycles. The fourth-order valence-corrected chi connectivity index (χ4v) is 3.40. The van der Waals surface area contributed by atoms with Crippen molar-refractivity contribution in [2.75, 3.05) is 0 Å². The van der Waals surface area contributed by atoms with E-state index in [0.717, 1.165) is 23.5 Å². The maximum Gasteiger partial charge on any atom is 0.115 e. The summed E-state index contributed by atoms with van der Waals surface area (Å²) in [5.41, 5.74) is 12.0. The first-order valence-corrected chi connectivity index (χ1v) is 8.81. The van der Waals surface area contributed by atoms with Crippen LogP contribution in [0.25, 0.3) is 0 Å². The van der Waals surface area contributed by atoms with E-state index in [0.29, 0.717) is 9.79 Å². The van der Waals surface area contributed by atoms with Crippen LogP contribution in [0.5, 0.6) is 11.5 Å². The number of hydrogen-bond donors (Lipinski definition) is 4. The topological polar surface area (TPSA) is 140 Å². The Bertz CT molecular complexity index is 858. The average molecular weight is 382 g/mol. The summed E-state index contributed by atoms with van der Waals surface area (Å²) in [6, 6.07) is 16.4. The quantitative estimate of drug-likeness (QED) is 0.350. The Morgan fingerprint density at radius 2 is 1.00 bits per heavy atom. The summed E-state index contributed by atoms with van der Waals surface area (Å²) in [6.07, 6.45) is 0. The Morgan fingerprint density at radius 1 is 0.692 bits per heavy atom. The molecule has 26 heavy (non-hydrogen) atoms. The van der Waals surface area contributed by atoms with Gasteiger partial charge in [0.15, 0.2) is 0 Å². The van der Waals surface area contributed by atoms with Crippen molar-refractivity contribution in [2.45, 2.75) is 9.79 Å². The maximum atomic E-state index is 9.45. The number of hydrogen-bond acceptors (Lipinski definition) is 8. The second-order valence-electron chi connectivity index (χ2n) is 4.89. The van der Waals surface area contributed by atoms with E-state index in [1.165, 1.54) is 24.3 Å². The Hall–Kier alpha value is -3.20. The van der Waals surface area contributed by atoms with Gasteiger partial charge in [0.2, 0.25) is 0 Å². The van der Waals surface area contributed by atoms with Gasteiger partial charge >= 0.3 is 0 Å². The molecular formula is C18H14N4O2S2. The van der Waals surface area contributed by atoms with E-state index >= 15 is 0 Å². The van der Waals surface area contributed by atoms with Crippen LogP contribution in [0.1, 0.15) is 0 Å². The van der Waals surface area contributed by atoms with E-state index in [9.17, 15) is 20.7 Å². The van der Waals surface area contributed by atoms with Gasteiger partial charge in [-0.25, -0.2) is 0 Å². The molecular weight excluding hydrogens is 368 g/mol. The monoisotopic (exact) mass is 382 g/mol. The Labute approximate surface area is 159 Å². The normalized spacial score (nSPS) is 12.4. The molecule has 0 aliphatic carbocycles. The van der Waals surface area contributed by atoms with Crippen molar-refractivity contribution in [3.63, 3.8) is 0 Å². The number of thioether (sulfide) groups is 2. The van der Waals surface area contributed by atoms with Gasteiger partial charge in [-0.2, -0.15) is 10.5 Å². The molecule has 0 saturated carbocycles. The van der Waals surface area contributed by atoms with Crippen LogP contribution in [0.15, 0.2) is 79.5 Å². The van der Waals surface area contributed by atoms with Crippen LogP contribution in [-0.4, -0.2) is 10.2 Å². The highest BCUT2D eigenvalue weighted by molar-refractivity contribution is 8.03. The van der Waals surface area contributed by atoms with Gasteiger partial charge in [0.25, 0.3) is 0 Å². The van der Waals surface area contributed by atoms with Crippen LogP contribution >= 0.6 is 23.5 Å². The van der Waals surface area contributed by atoms with E-state index < -0.39 is 0 Å². The van der Waals surface area contributed by atoms with Crippen LogP contribution in [0.4, 0.5) is 0 Å². The van der Waals surface area contributed by atoms with Crippen molar-refractivity contribution in [1.29, 1.82) is 10.5 Å². The van der Waals surface area contributed by atoms with Crippen molar-refractivity contribution in [3.8, 4) is 23.6 Å². The molecule has 0 atom stereocenters. The number of rotatable bonds is 5. The Kier molecular flexibility index (Phi) is 6.45. The molecule has 0 unspecified atom stereocenters. The van der Waals surface area contributed by atoms with Gasteiger partial charge in [0.1, 0.15) is 34.8 Å². The average Bonchev–Trinajstić information content (AvgIpc) is 2.63. The van der Waals surface area contributed by atoms with E-state index in [1.807, 2.05) is 12.1 Å². The molecule has 6 N–H and O–H groups in total. The van der Waals surface area contributed by atoms with Gasteiger partial charge in [0, 0.05) is 9.79 Å². The van der Waals surface area contributed by atoms with Crippen molar-refractivity contribution >= 4 is 23.5 Å². The van der Waals surface area contributed by atoms with E-state index in [2.05, 4.69) is 0 Å². The van der Waals surface area contributed by atoms with Crippen molar-refractivity contribution < 1.29 is 10.2 Å². The van der Waals surface area contributed by atoms with Crippen molar-refractivity contribution in [3.05, 3.63) is 69.7 Å². The molecule has 0 spiro atoms. The molecule has 130 valence electrons. The minimum atomic E-state index is -0.0191. The molecule has 0 aliphatic heterocycles. The molecule has 0 aromatic heterocycles. The van der Waals surface area contributed by atoms with Gasteiger partial charge in [-0.3, -0.25) is 0 Å². The summed E-state index contributed by atoms with van der Waals surface area (Å²) in [6.45, 7) is 0. The SMILES string of the molecule is N#CC(=C(/N)Sc1ccc(O)cc1)/C(C#N)=C(\N)Sc1ccc(O)cc1. The van der Waals surface area contributed by atoms with Gasteiger partial charge in [-0.05, 0) is 48.5 Å². The van der Waals surface area contributed by atoms with Crippen LogP contribution in [0.2, 0.25) is 0 Å². The number of benzene rings is 2. The third kappa shape index (κ3) is 4.90. The molecule has 0 bridgehead atoms. The lowest BCUT2D eigenvalue weighted by Crippen LogP contribution is -2.05. The third-order valence-electron chi connectivity index (χ3n) is 3.10. The lowest BCUT2D eigenvalue weighted by molar-refractivity contribution is 0.474. The zero-order valence-electron chi connectivity index (χ0n) is 13.4. The zero-order chi connectivity index (χ0) is 19.1. The largest absolute Gasteiger partial charge is 0.508 e. The summed E-state index contributed by atoms with van der Waals surface area (Å²) >= 11 is 2.19.